The van der Waals surface area contributed by atoms with Crippen molar-refractivity contribution >= 4 is 35.2 Å². The number of ketones is 1. The fourth-order valence-electron chi connectivity index (χ4n) is 2.06. The van der Waals surface area contributed by atoms with Crippen LogP contribution in [0.1, 0.15) is 23.0 Å². The summed E-state index contributed by atoms with van der Waals surface area (Å²) in [5.74, 6) is -0.0134. The first kappa shape index (κ1) is 20.5. The van der Waals surface area contributed by atoms with Crippen molar-refractivity contribution in [2.45, 2.75) is 19.1 Å². The Morgan fingerprint density at radius 1 is 1.30 bits per heavy atom. The molecule has 144 valence electrons. The first-order valence-corrected chi connectivity index (χ1v) is 9.13. The van der Waals surface area contributed by atoms with Gasteiger partial charge >= 0.3 is 5.97 Å². The van der Waals surface area contributed by atoms with E-state index in [2.05, 4.69) is 10.5 Å². The normalized spacial score (nSPS) is 11.5. The molecule has 1 atom stereocenters. The smallest absolute Gasteiger partial charge is 0.316 e. The van der Waals surface area contributed by atoms with E-state index in [1.54, 1.807) is 44.2 Å². The molecule has 0 aliphatic rings. The molecule has 1 aromatic carbocycles. The number of anilines is 1. The highest BCUT2D eigenvalue weighted by Gasteiger charge is 2.18. The van der Waals surface area contributed by atoms with Gasteiger partial charge in [0.2, 0.25) is 11.7 Å². The molecule has 9 heteroatoms. The lowest BCUT2D eigenvalue weighted by Crippen LogP contribution is -2.24. The van der Waals surface area contributed by atoms with Gasteiger partial charge in [0.15, 0.2) is 12.4 Å². The van der Waals surface area contributed by atoms with E-state index in [0.717, 1.165) is 11.8 Å². The van der Waals surface area contributed by atoms with Gasteiger partial charge in [-0.1, -0.05) is 17.3 Å². The van der Waals surface area contributed by atoms with Crippen LogP contribution in [0.3, 0.4) is 0 Å². The number of hydrogen-bond acceptors (Lipinski definition) is 8. The molecule has 27 heavy (non-hydrogen) atoms. The molecule has 1 heterocycles. The number of amides is 1. The highest BCUT2D eigenvalue weighted by atomic mass is 32.2. The Morgan fingerprint density at radius 2 is 2.04 bits per heavy atom. The van der Waals surface area contributed by atoms with E-state index in [0.29, 0.717) is 22.9 Å². The predicted molar refractivity (Wildman–Crippen MR) is 100 cm³/mol. The van der Waals surface area contributed by atoms with E-state index in [1.165, 1.54) is 7.11 Å². The van der Waals surface area contributed by atoms with Gasteiger partial charge in [0.05, 0.1) is 23.7 Å². The molecule has 0 saturated carbocycles. The van der Waals surface area contributed by atoms with E-state index in [-0.39, 0.29) is 17.4 Å². The lowest BCUT2D eigenvalue weighted by molar-refractivity contribution is -0.139. The number of Topliss-reactive ketones (excluding diaryl/α,β-unsaturated/α-hetero) is 1. The zero-order chi connectivity index (χ0) is 19.8. The highest BCUT2D eigenvalue weighted by molar-refractivity contribution is 8.01. The third-order valence-electron chi connectivity index (χ3n) is 3.47. The highest BCUT2D eigenvalue weighted by Crippen LogP contribution is 2.18. The van der Waals surface area contributed by atoms with Gasteiger partial charge in [-0.15, -0.1) is 11.8 Å². The SMILES string of the molecule is COc1ccccc1C(=O)COC(=O)CS[C@@H](C)C(=O)Nc1cc(C)on1. The Labute approximate surface area is 160 Å². The first-order chi connectivity index (χ1) is 12.9. The van der Waals surface area contributed by atoms with Crippen LogP contribution in [0.15, 0.2) is 34.9 Å². The van der Waals surface area contributed by atoms with Crippen LogP contribution in [0.5, 0.6) is 5.75 Å². The lowest BCUT2D eigenvalue weighted by atomic mass is 10.1. The van der Waals surface area contributed by atoms with E-state index >= 15 is 0 Å². The Bertz CT molecular complexity index is 820. The Kier molecular flexibility index (Phi) is 7.42. The Morgan fingerprint density at radius 3 is 2.70 bits per heavy atom. The number of esters is 1. The molecule has 1 N–H and O–H groups in total. The molecule has 0 bridgehead atoms. The zero-order valence-corrected chi connectivity index (χ0v) is 16.0. The van der Waals surface area contributed by atoms with Crippen LogP contribution in [0.4, 0.5) is 5.82 Å². The van der Waals surface area contributed by atoms with Crippen molar-refractivity contribution in [3.8, 4) is 5.75 Å². The van der Waals surface area contributed by atoms with Crippen molar-refractivity contribution in [1.29, 1.82) is 0 Å². The summed E-state index contributed by atoms with van der Waals surface area (Å²) in [6, 6.07) is 8.28. The van der Waals surface area contributed by atoms with E-state index in [1.807, 2.05) is 0 Å². The number of thioether (sulfide) groups is 1. The second kappa shape index (κ2) is 9.77. The monoisotopic (exact) mass is 392 g/mol. The maximum absolute atomic E-state index is 12.1. The zero-order valence-electron chi connectivity index (χ0n) is 15.2. The second-order valence-corrected chi connectivity index (χ2v) is 6.88. The molecular weight excluding hydrogens is 372 g/mol. The minimum absolute atomic E-state index is 0.0639. The summed E-state index contributed by atoms with van der Waals surface area (Å²) in [4.78, 5) is 36.0. The fourth-order valence-corrected chi connectivity index (χ4v) is 2.74. The number of ether oxygens (including phenoxy) is 2. The van der Waals surface area contributed by atoms with Gasteiger partial charge in [-0.3, -0.25) is 14.4 Å². The van der Waals surface area contributed by atoms with Gasteiger partial charge in [0.25, 0.3) is 0 Å². The summed E-state index contributed by atoms with van der Waals surface area (Å²) < 4.78 is 15.0. The van der Waals surface area contributed by atoms with Gasteiger partial charge in [0, 0.05) is 6.07 Å². The lowest BCUT2D eigenvalue weighted by Gasteiger charge is -2.10. The molecule has 0 fully saturated rings. The number of hydrogen-bond donors (Lipinski definition) is 1. The summed E-state index contributed by atoms with van der Waals surface area (Å²) in [6.07, 6.45) is 0. The van der Waals surface area contributed by atoms with Crippen LogP contribution in [0, 0.1) is 6.92 Å². The van der Waals surface area contributed by atoms with Crippen molar-refractivity contribution in [3.63, 3.8) is 0 Å². The largest absolute Gasteiger partial charge is 0.496 e. The molecule has 0 spiro atoms. The number of benzene rings is 1. The standard InChI is InChI=1S/C18H20N2O6S/c1-11-8-16(20-26-11)19-18(23)12(2)27-10-17(22)25-9-14(21)13-6-4-5-7-15(13)24-3/h4-8,12H,9-10H2,1-3H3,(H,19,20,23)/t12-/m0/s1. The second-order valence-electron chi connectivity index (χ2n) is 5.55. The van der Waals surface area contributed by atoms with Crippen LogP contribution in [0.25, 0.3) is 0 Å². The summed E-state index contributed by atoms with van der Waals surface area (Å²) in [7, 11) is 1.46. The van der Waals surface area contributed by atoms with E-state index in [9.17, 15) is 14.4 Å². The number of nitrogens with zero attached hydrogens (tertiary/aromatic N) is 1. The molecule has 1 aromatic heterocycles. The number of para-hydroxylation sites is 1. The third kappa shape index (κ3) is 6.14. The Hall–Kier alpha value is -2.81. The van der Waals surface area contributed by atoms with Gasteiger partial charge in [0.1, 0.15) is 11.5 Å². The molecule has 0 aliphatic carbocycles. The van der Waals surface area contributed by atoms with Crippen LogP contribution >= 0.6 is 11.8 Å². The number of carbonyl (C=O) groups excluding carboxylic acids is 3. The van der Waals surface area contributed by atoms with Crippen molar-refractivity contribution in [1.82, 2.24) is 5.16 Å². The number of aryl methyl sites for hydroxylation is 1. The number of rotatable bonds is 9. The van der Waals surface area contributed by atoms with Crippen LogP contribution in [0.2, 0.25) is 0 Å². The Balaban J connectivity index is 1.75. The topological polar surface area (TPSA) is 108 Å². The molecule has 2 aromatic rings. The minimum Gasteiger partial charge on any atom is -0.496 e. The van der Waals surface area contributed by atoms with Gasteiger partial charge in [-0.2, -0.15) is 0 Å². The third-order valence-corrected chi connectivity index (χ3v) is 4.59. The summed E-state index contributed by atoms with van der Waals surface area (Å²) in [5.41, 5.74) is 0.344. The molecular formula is C18H20N2O6S. The molecule has 1 amide bonds. The molecule has 8 nitrogen and oxygen atoms in total. The van der Waals surface area contributed by atoms with Crippen LogP contribution in [-0.4, -0.2) is 47.5 Å². The van der Waals surface area contributed by atoms with E-state index < -0.39 is 17.8 Å². The van der Waals surface area contributed by atoms with E-state index in [4.69, 9.17) is 14.0 Å². The molecule has 0 saturated heterocycles. The maximum Gasteiger partial charge on any atom is 0.316 e. The number of nitrogens with one attached hydrogen (secondary N) is 1. The predicted octanol–water partition coefficient (Wildman–Crippen LogP) is 2.48. The number of aromatic nitrogens is 1. The van der Waals surface area contributed by atoms with Crippen molar-refractivity contribution in [3.05, 3.63) is 41.7 Å². The summed E-state index contributed by atoms with van der Waals surface area (Å²) in [6.45, 7) is 2.97. The number of methoxy groups -OCH3 is 1. The van der Waals surface area contributed by atoms with Crippen molar-refractivity contribution < 1.29 is 28.4 Å². The molecule has 0 unspecified atom stereocenters. The molecule has 2 rings (SSSR count). The quantitative estimate of drug-likeness (QED) is 0.512. The van der Waals surface area contributed by atoms with Gasteiger partial charge in [-0.25, -0.2) is 0 Å². The van der Waals surface area contributed by atoms with Gasteiger partial charge < -0.3 is 19.3 Å². The average molecular weight is 392 g/mol. The summed E-state index contributed by atoms with van der Waals surface area (Å²) >= 11 is 1.09. The first-order valence-electron chi connectivity index (χ1n) is 8.08. The van der Waals surface area contributed by atoms with Crippen molar-refractivity contribution in [2.75, 3.05) is 24.8 Å². The summed E-state index contributed by atoms with van der Waals surface area (Å²) in [5, 5.41) is 5.74. The molecule has 0 aliphatic heterocycles. The van der Waals surface area contributed by atoms with Crippen LogP contribution in [-0.2, 0) is 14.3 Å². The van der Waals surface area contributed by atoms with Gasteiger partial charge in [-0.05, 0) is 26.0 Å². The molecule has 0 radical (unpaired) electrons. The maximum atomic E-state index is 12.1. The fraction of sp³-hybridized carbons (Fsp3) is 0.333. The van der Waals surface area contributed by atoms with Crippen LogP contribution < -0.4 is 10.1 Å². The average Bonchev–Trinajstić information content (AvgIpc) is 3.08. The van der Waals surface area contributed by atoms with Crippen molar-refractivity contribution in [2.24, 2.45) is 0 Å². The number of carbonyl (C=O) groups is 3. The minimum atomic E-state index is -0.583.